The van der Waals surface area contributed by atoms with Crippen LogP contribution in [-0.4, -0.2) is 46.1 Å². The van der Waals surface area contributed by atoms with Crippen LogP contribution in [0.25, 0.3) is 0 Å². The molecule has 2 aromatic rings. The van der Waals surface area contributed by atoms with Crippen molar-refractivity contribution >= 4 is 35.0 Å². The number of carbonyl (C=O) groups is 2. The van der Waals surface area contributed by atoms with Crippen molar-refractivity contribution in [2.75, 3.05) is 23.3 Å². The number of halogens is 1. The molecule has 152 valence electrons. The van der Waals surface area contributed by atoms with Gasteiger partial charge in [-0.2, -0.15) is 0 Å². The Morgan fingerprint density at radius 1 is 1.24 bits per heavy atom. The van der Waals surface area contributed by atoms with Crippen molar-refractivity contribution in [1.82, 2.24) is 9.88 Å². The van der Waals surface area contributed by atoms with E-state index in [1.807, 2.05) is 26.0 Å². The molecule has 1 aromatic carbocycles. The number of carboxylic acid groups (broad SMARTS) is 1. The van der Waals surface area contributed by atoms with Crippen LogP contribution in [0.3, 0.4) is 0 Å². The number of anilines is 2. The normalized spacial score (nSPS) is 18.7. The molecule has 1 fully saturated rings. The highest BCUT2D eigenvalue weighted by molar-refractivity contribution is 6.31. The Morgan fingerprint density at radius 2 is 1.97 bits per heavy atom. The third-order valence-electron chi connectivity index (χ3n) is 5.75. The number of likely N-dealkylation sites (tertiary alicyclic amines) is 1. The summed E-state index contributed by atoms with van der Waals surface area (Å²) in [5.74, 6) is -0.0737. The largest absolute Gasteiger partial charge is 0.465 e. The predicted molar refractivity (Wildman–Crippen MR) is 112 cm³/mol. The van der Waals surface area contributed by atoms with Crippen LogP contribution in [0, 0.1) is 0 Å². The molecule has 0 spiro atoms. The summed E-state index contributed by atoms with van der Waals surface area (Å²) in [7, 11) is 0. The van der Waals surface area contributed by atoms with Gasteiger partial charge in [0.05, 0.1) is 29.3 Å². The van der Waals surface area contributed by atoms with Crippen molar-refractivity contribution < 1.29 is 14.7 Å². The summed E-state index contributed by atoms with van der Waals surface area (Å²) >= 11 is 6.16. The van der Waals surface area contributed by atoms with Gasteiger partial charge in [-0.1, -0.05) is 11.6 Å². The molecule has 2 N–H and O–H groups in total. The van der Waals surface area contributed by atoms with Crippen molar-refractivity contribution in [3.05, 3.63) is 52.8 Å². The number of hydrogen-bond donors (Lipinski definition) is 2. The molecule has 29 heavy (non-hydrogen) atoms. The maximum absolute atomic E-state index is 13.1. The number of rotatable bonds is 3. The van der Waals surface area contributed by atoms with Crippen molar-refractivity contribution in [3.8, 4) is 0 Å². The fraction of sp³-hybridized carbons (Fsp3) is 0.381. The molecule has 4 rings (SSSR count). The summed E-state index contributed by atoms with van der Waals surface area (Å²) in [6, 6.07) is 7.44. The number of nitrogens with one attached hydrogen (secondary N) is 1. The minimum Gasteiger partial charge on any atom is -0.465 e. The van der Waals surface area contributed by atoms with E-state index in [0.29, 0.717) is 29.4 Å². The van der Waals surface area contributed by atoms with E-state index in [1.165, 1.54) is 4.90 Å². The third-order valence-corrected chi connectivity index (χ3v) is 5.99. The second-order valence-corrected chi connectivity index (χ2v) is 8.45. The second kappa shape index (κ2) is 7.22. The average molecular weight is 415 g/mol. The van der Waals surface area contributed by atoms with E-state index in [1.54, 1.807) is 29.4 Å². The smallest absolute Gasteiger partial charge is 0.407 e. The van der Waals surface area contributed by atoms with Crippen LogP contribution in [-0.2, 0) is 5.54 Å². The molecule has 8 heteroatoms. The van der Waals surface area contributed by atoms with Gasteiger partial charge in [0.15, 0.2) is 0 Å². The van der Waals surface area contributed by atoms with Crippen LogP contribution in [0.1, 0.15) is 42.6 Å². The minimum absolute atomic E-state index is 0.0737. The number of aromatic nitrogens is 1. The topological polar surface area (TPSA) is 85.8 Å². The number of carbonyl (C=O) groups excluding carboxylic acids is 1. The molecule has 0 bridgehead atoms. The molecule has 7 nitrogen and oxygen atoms in total. The summed E-state index contributed by atoms with van der Waals surface area (Å²) in [6.07, 6.45) is 4.00. The molecule has 0 saturated carbocycles. The van der Waals surface area contributed by atoms with Crippen LogP contribution in [0.5, 0.6) is 0 Å². The number of piperidine rings is 1. The molecule has 1 saturated heterocycles. The van der Waals surface area contributed by atoms with E-state index >= 15 is 0 Å². The van der Waals surface area contributed by atoms with Gasteiger partial charge in [-0.05, 0) is 56.5 Å². The van der Waals surface area contributed by atoms with Gasteiger partial charge < -0.3 is 15.3 Å². The van der Waals surface area contributed by atoms with Gasteiger partial charge in [0, 0.05) is 29.7 Å². The highest BCUT2D eigenvalue weighted by Gasteiger charge is 2.44. The lowest BCUT2D eigenvalue weighted by Gasteiger charge is -2.33. The SMILES string of the molecule is CC1(C)c2cc(Cl)ccc2C(=O)N1c1cncc(NC2CCN(C(=O)O)CC2)c1. The molecule has 0 atom stereocenters. The molecule has 0 aliphatic carbocycles. The van der Waals surface area contributed by atoms with E-state index in [9.17, 15) is 9.59 Å². The lowest BCUT2D eigenvalue weighted by Crippen LogP contribution is -2.41. The number of amides is 2. The van der Waals surface area contributed by atoms with Gasteiger partial charge in [0.1, 0.15) is 0 Å². The first-order valence-electron chi connectivity index (χ1n) is 9.61. The Bertz CT molecular complexity index is 970. The highest BCUT2D eigenvalue weighted by Crippen LogP contribution is 2.43. The zero-order chi connectivity index (χ0) is 20.8. The van der Waals surface area contributed by atoms with Crippen LogP contribution in [0.2, 0.25) is 5.02 Å². The Morgan fingerprint density at radius 3 is 2.66 bits per heavy atom. The molecule has 2 aliphatic heterocycles. The van der Waals surface area contributed by atoms with E-state index in [0.717, 1.165) is 24.1 Å². The van der Waals surface area contributed by atoms with E-state index in [4.69, 9.17) is 16.7 Å². The first-order valence-corrected chi connectivity index (χ1v) is 9.99. The minimum atomic E-state index is -0.874. The Balaban J connectivity index is 1.55. The molecule has 3 heterocycles. The fourth-order valence-corrected chi connectivity index (χ4v) is 4.40. The lowest BCUT2D eigenvalue weighted by molar-refractivity contribution is 0.0982. The zero-order valence-corrected chi connectivity index (χ0v) is 17.1. The summed E-state index contributed by atoms with van der Waals surface area (Å²) in [5, 5.41) is 13.1. The third kappa shape index (κ3) is 3.51. The average Bonchev–Trinajstić information content (AvgIpc) is 2.87. The second-order valence-electron chi connectivity index (χ2n) is 8.01. The van der Waals surface area contributed by atoms with Crippen molar-refractivity contribution in [2.24, 2.45) is 0 Å². The molecule has 0 unspecified atom stereocenters. The van der Waals surface area contributed by atoms with E-state index < -0.39 is 11.6 Å². The molecule has 1 aromatic heterocycles. The predicted octanol–water partition coefficient (Wildman–Crippen LogP) is 4.18. The van der Waals surface area contributed by atoms with E-state index in [2.05, 4.69) is 10.3 Å². The van der Waals surface area contributed by atoms with Gasteiger partial charge in [0.25, 0.3) is 5.91 Å². The number of pyridine rings is 1. The fourth-order valence-electron chi connectivity index (χ4n) is 4.22. The van der Waals surface area contributed by atoms with Crippen molar-refractivity contribution in [1.29, 1.82) is 0 Å². The highest BCUT2D eigenvalue weighted by atomic mass is 35.5. The number of hydrogen-bond acceptors (Lipinski definition) is 4. The first-order chi connectivity index (χ1) is 13.8. The summed E-state index contributed by atoms with van der Waals surface area (Å²) < 4.78 is 0. The number of fused-ring (bicyclic) bond motifs is 1. The molecule has 2 aliphatic rings. The summed E-state index contributed by atoms with van der Waals surface area (Å²) in [4.78, 5) is 31.7. The standard InChI is InChI=1S/C21H23ClN4O3/c1-21(2)18-9-13(22)3-4-17(18)19(27)26(21)16-10-15(11-23-12-16)24-14-5-7-25(8-6-14)20(28)29/h3-4,9-12,14,24H,5-8H2,1-2H3,(H,28,29). The Labute approximate surface area is 174 Å². The maximum Gasteiger partial charge on any atom is 0.407 e. The van der Waals surface area contributed by atoms with Gasteiger partial charge in [-0.25, -0.2) is 4.79 Å². The maximum atomic E-state index is 13.1. The molecule has 2 amide bonds. The van der Waals surface area contributed by atoms with Crippen LogP contribution in [0.15, 0.2) is 36.7 Å². The van der Waals surface area contributed by atoms with Crippen LogP contribution < -0.4 is 10.2 Å². The molecular weight excluding hydrogens is 392 g/mol. The van der Waals surface area contributed by atoms with Crippen LogP contribution >= 0.6 is 11.6 Å². The molecule has 0 radical (unpaired) electrons. The Kier molecular flexibility index (Phi) is 4.86. The van der Waals surface area contributed by atoms with Gasteiger partial charge >= 0.3 is 6.09 Å². The summed E-state index contributed by atoms with van der Waals surface area (Å²) in [6.45, 7) is 5.01. The Hall–Kier alpha value is -2.80. The lowest BCUT2D eigenvalue weighted by atomic mass is 9.93. The molecular formula is C21H23ClN4O3. The zero-order valence-electron chi connectivity index (χ0n) is 16.4. The van der Waals surface area contributed by atoms with Gasteiger partial charge in [-0.15, -0.1) is 0 Å². The first kappa shape index (κ1) is 19.5. The van der Waals surface area contributed by atoms with Crippen LogP contribution in [0.4, 0.5) is 16.2 Å². The number of benzene rings is 1. The quantitative estimate of drug-likeness (QED) is 0.786. The van der Waals surface area contributed by atoms with Gasteiger partial charge in [-0.3, -0.25) is 14.7 Å². The summed E-state index contributed by atoms with van der Waals surface area (Å²) in [5.41, 5.74) is 2.52. The van der Waals surface area contributed by atoms with Gasteiger partial charge in [0.2, 0.25) is 0 Å². The van der Waals surface area contributed by atoms with Crippen molar-refractivity contribution in [3.63, 3.8) is 0 Å². The number of nitrogens with zero attached hydrogens (tertiary/aromatic N) is 3. The van der Waals surface area contributed by atoms with Crippen molar-refractivity contribution in [2.45, 2.75) is 38.3 Å². The van der Waals surface area contributed by atoms with E-state index in [-0.39, 0.29) is 11.9 Å². The monoisotopic (exact) mass is 414 g/mol.